The van der Waals surface area contributed by atoms with E-state index < -0.39 is 0 Å². The Morgan fingerprint density at radius 3 is 2.94 bits per heavy atom. The number of hydrogen-bond donors (Lipinski definition) is 1. The zero-order valence-electron chi connectivity index (χ0n) is 10.2. The summed E-state index contributed by atoms with van der Waals surface area (Å²) in [5.41, 5.74) is 0. The first-order valence-electron chi connectivity index (χ1n) is 5.90. The van der Waals surface area contributed by atoms with Gasteiger partial charge in [-0.1, -0.05) is 6.92 Å². The van der Waals surface area contributed by atoms with Gasteiger partial charge in [0.15, 0.2) is 0 Å². The molecule has 0 saturated heterocycles. The van der Waals surface area contributed by atoms with Crippen molar-refractivity contribution in [2.45, 2.75) is 33.2 Å². The molecule has 1 N–H and O–H groups in total. The van der Waals surface area contributed by atoms with Crippen molar-refractivity contribution in [2.75, 3.05) is 18.1 Å². The second kappa shape index (κ2) is 7.74. The highest BCUT2D eigenvalue weighted by Crippen LogP contribution is 2.10. The van der Waals surface area contributed by atoms with E-state index in [1.54, 1.807) is 0 Å². The summed E-state index contributed by atoms with van der Waals surface area (Å²) in [5, 5.41) is 8.87. The van der Waals surface area contributed by atoms with Gasteiger partial charge in [-0.15, -0.1) is 0 Å². The molecule has 1 rings (SSSR count). The van der Waals surface area contributed by atoms with Crippen LogP contribution in [0.1, 0.15) is 25.6 Å². The van der Waals surface area contributed by atoms with Crippen molar-refractivity contribution in [3.63, 3.8) is 0 Å². The number of thioether (sulfide) groups is 1. The summed E-state index contributed by atoms with van der Waals surface area (Å²) < 4.78 is 2.20. The number of aryl methyl sites for hydroxylation is 2. The molecular formula is C12H22N2OS. The van der Waals surface area contributed by atoms with Gasteiger partial charge in [0.25, 0.3) is 0 Å². The monoisotopic (exact) mass is 242 g/mol. The molecule has 92 valence electrons. The lowest BCUT2D eigenvalue weighted by molar-refractivity contribution is 0.250. The Morgan fingerprint density at radius 2 is 2.31 bits per heavy atom. The van der Waals surface area contributed by atoms with E-state index in [0.29, 0.717) is 12.5 Å². The Kier molecular flexibility index (Phi) is 6.57. The second-order valence-electron chi connectivity index (χ2n) is 4.24. The van der Waals surface area contributed by atoms with Gasteiger partial charge in [0.2, 0.25) is 0 Å². The number of unbranched alkanes of at least 4 members (excludes halogenated alkanes) is 1. The van der Waals surface area contributed by atoms with Crippen LogP contribution in [0.3, 0.4) is 0 Å². The van der Waals surface area contributed by atoms with Gasteiger partial charge >= 0.3 is 0 Å². The first kappa shape index (κ1) is 13.6. The van der Waals surface area contributed by atoms with Gasteiger partial charge in [0.05, 0.1) is 0 Å². The van der Waals surface area contributed by atoms with Gasteiger partial charge in [-0.3, -0.25) is 0 Å². The summed E-state index contributed by atoms with van der Waals surface area (Å²) in [6.07, 6.45) is 6.33. The lowest BCUT2D eigenvalue weighted by Crippen LogP contribution is -2.04. The summed E-state index contributed by atoms with van der Waals surface area (Å²) in [6.45, 7) is 5.50. The highest BCUT2D eigenvalue weighted by atomic mass is 32.2. The molecule has 1 aromatic rings. The number of aliphatic hydroxyl groups is 1. The molecule has 0 saturated carbocycles. The van der Waals surface area contributed by atoms with Gasteiger partial charge in [0, 0.05) is 25.5 Å². The Morgan fingerprint density at radius 1 is 1.50 bits per heavy atom. The summed E-state index contributed by atoms with van der Waals surface area (Å²) >= 11 is 1.94. The highest BCUT2D eigenvalue weighted by molar-refractivity contribution is 7.99. The first-order chi connectivity index (χ1) is 7.74. The minimum Gasteiger partial charge on any atom is -0.396 e. The van der Waals surface area contributed by atoms with Crippen LogP contribution in [0.25, 0.3) is 0 Å². The molecule has 4 heteroatoms. The largest absolute Gasteiger partial charge is 0.396 e. The van der Waals surface area contributed by atoms with Gasteiger partial charge in [-0.05, 0) is 37.2 Å². The van der Waals surface area contributed by atoms with Crippen molar-refractivity contribution in [3.05, 3.63) is 18.2 Å². The topological polar surface area (TPSA) is 38.0 Å². The molecule has 3 nitrogen and oxygen atoms in total. The average molecular weight is 242 g/mol. The molecule has 0 aliphatic heterocycles. The van der Waals surface area contributed by atoms with Crippen LogP contribution in [-0.4, -0.2) is 32.8 Å². The van der Waals surface area contributed by atoms with E-state index in [2.05, 4.69) is 16.5 Å². The fourth-order valence-electron chi connectivity index (χ4n) is 1.46. The number of imidazole rings is 1. The molecule has 0 fully saturated rings. The molecule has 16 heavy (non-hydrogen) atoms. The number of hydrogen-bond acceptors (Lipinski definition) is 3. The molecule has 0 radical (unpaired) electrons. The van der Waals surface area contributed by atoms with E-state index in [0.717, 1.165) is 18.1 Å². The predicted octanol–water partition coefficient (Wildman–Crippen LogP) is 2.33. The van der Waals surface area contributed by atoms with Crippen LogP contribution in [0, 0.1) is 12.8 Å². The van der Waals surface area contributed by atoms with E-state index in [9.17, 15) is 0 Å². The zero-order chi connectivity index (χ0) is 11.8. The number of aromatic nitrogens is 2. The molecule has 0 amide bonds. The molecule has 0 aromatic carbocycles. The van der Waals surface area contributed by atoms with Crippen molar-refractivity contribution < 1.29 is 5.11 Å². The number of rotatable bonds is 8. The van der Waals surface area contributed by atoms with Crippen LogP contribution < -0.4 is 0 Å². The number of aliphatic hydroxyl groups excluding tert-OH is 1. The van der Waals surface area contributed by atoms with E-state index in [1.165, 1.54) is 18.6 Å². The second-order valence-corrected chi connectivity index (χ2v) is 5.39. The molecule has 1 unspecified atom stereocenters. The minimum absolute atomic E-state index is 0.307. The molecule has 0 aliphatic rings. The summed E-state index contributed by atoms with van der Waals surface area (Å²) in [6, 6.07) is 0. The van der Waals surface area contributed by atoms with E-state index in [1.807, 2.05) is 31.1 Å². The van der Waals surface area contributed by atoms with Crippen LogP contribution in [0.15, 0.2) is 12.4 Å². The maximum atomic E-state index is 8.87. The molecule has 0 bridgehead atoms. The summed E-state index contributed by atoms with van der Waals surface area (Å²) in [4.78, 5) is 4.20. The highest BCUT2D eigenvalue weighted by Gasteiger charge is 2.00. The normalized spacial score (nSPS) is 12.9. The van der Waals surface area contributed by atoms with Crippen LogP contribution in [0.4, 0.5) is 0 Å². The van der Waals surface area contributed by atoms with E-state index >= 15 is 0 Å². The lowest BCUT2D eigenvalue weighted by Gasteiger charge is -2.07. The zero-order valence-corrected chi connectivity index (χ0v) is 11.0. The van der Waals surface area contributed by atoms with Crippen molar-refractivity contribution >= 4 is 11.8 Å². The third kappa shape index (κ3) is 5.03. The van der Waals surface area contributed by atoms with Gasteiger partial charge < -0.3 is 9.67 Å². The van der Waals surface area contributed by atoms with Crippen LogP contribution in [0.5, 0.6) is 0 Å². The van der Waals surface area contributed by atoms with Crippen LogP contribution in [0.2, 0.25) is 0 Å². The molecule has 1 aromatic heterocycles. The van der Waals surface area contributed by atoms with E-state index in [4.69, 9.17) is 5.11 Å². The molecule has 0 aliphatic carbocycles. The minimum atomic E-state index is 0.307. The third-order valence-electron chi connectivity index (χ3n) is 2.58. The maximum Gasteiger partial charge on any atom is 0.105 e. The third-order valence-corrected chi connectivity index (χ3v) is 3.96. The lowest BCUT2D eigenvalue weighted by atomic mass is 10.2. The van der Waals surface area contributed by atoms with E-state index in [-0.39, 0.29) is 0 Å². The Balaban J connectivity index is 1.98. The van der Waals surface area contributed by atoms with Crippen LogP contribution in [-0.2, 0) is 6.54 Å². The van der Waals surface area contributed by atoms with Crippen molar-refractivity contribution in [1.29, 1.82) is 0 Å². The average Bonchev–Trinajstić information content (AvgIpc) is 2.69. The Labute approximate surface area is 102 Å². The van der Waals surface area contributed by atoms with Crippen molar-refractivity contribution in [3.8, 4) is 0 Å². The standard InChI is InChI=1S/C12H22N2OS/c1-11(9-15)10-16-8-4-3-6-14-7-5-13-12(14)2/h5,7,11,15H,3-4,6,8-10H2,1-2H3. The maximum absolute atomic E-state index is 8.87. The summed E-state index contributed by atoms with van der Waals surface area (Å²) in [5.74, 6) is 3.79. The fourth-order valence-corrected chi connectivity index (χ4v) is 2.55. The Hall–Kier alpha value is -0.480. The van der Waals surface area contributed by atoms with Crippen LogP contribution >= 0.6 is 11.8 Å². The Bertz CT molecular complexity index is 288. The molecule has 0 spiro atoms. The SMILES string of the molecule is Cc1nccn1CCCCSCC(C)CO. The smallest absolute Gasteiger partial charge is 0.105 e. The molecule has 1 atom stereocenters. The fraction of sp³-hybridized carbons (Fsp3) is 0.750. The predicted molar refractivity (Wildman–Crippen MR) is 69.8 cm³/mol. The van der Waals surface area contributed by atoms with Crippen molar-refractivity contribution in [1.82, 2.24) is 9.55 Å². The quantitative estimate of drug-likeness (QED) is 0.711. The number of nitrogens with zero attached hydrogens (tertiary/aromatic N) is 2. The molecular weight excluding hydrogens is 220 g/mol. The van der Waals surface area contributed by atoms with Gasteiger partial charge in [-0.25, -0.2) is 4.98 Å². The van der Waals surface area contributed by atoms with Gasteiger partial charge in [0.1, 0.15) is 5.82 Å². The van der Waals surface area contributed by atoms with Crippen molar-refractivity contribution in [2.24, 2.45) is 5.92 Å². The van der Waals surface area contributed by atoms with Gasteiger partial charge in [-0.2, -0.15) is 11.8 Å². The molecule has 1 heterocycles. The first-order valence-corrected chi connectivity index (χ1v) is 7.06. The summed E-state index contributed by atoms with van der Waals surface area (Å²) in [7, 11) is 0.